The highest BCUT2D eigenvalue weighted by Gasteiger charge is 2.28. The number of carbonyl (C=O) groups is 1. The lowest BCUT2D eigenvalue weighted by atomic mass is 10.1. The molecule has 0 aliphatic carbocycles. The minimum Gasteiger partial charge on any atom is -0.491 e. The third-order valence-electron chi connectivity index (χ3n) is 5.11. The van der Waals surface area contributed by atoms with E-state index in [9.17, 15) is 13.2 Å². The van der Waals surface area contributed by atoms with Crippen LogP contribution in [0.25, 0.3) is 0 Å². The van der Waals surface area contributed by atoms with Crippen molar-refractivity contribution in [3.63, 3.8) is 0 Å². The molecule has 0 saturated carbocycles. The van der Waals surface area contributed by atoms with Gasteiger partial charge in [-0.05, 0) is 69.0 Å². The molecule has 1 saturated heterocycles. The van der Waals surface area contributed by atoms with Crippen molar-refractivity contribution in [2.45, 2.75) is 57.6 Å². The second kappa shape index (κ2) is 9.62. The summed E-state index contributed by atoms with van der Waals surface area (Å²) in [6.45, 7) is 7.08. The van der Waals surface area contributed by atoms with Crippen LogP contribution in [0.1, 0.15) is 54.6 Å². The van der Waals surface area contributed by atoms with E-state index in [2.05, 4.69) is 5.32 Å². The molecule has 1 aliphatic heterocycles. The van der Waals surface area contributed by atoms with E-state index < -0.39 is 10.0 Å². The van der Waals surface area contributed by atoms with Gasteiger partial charge in [0.15, 0.2) is 0 Å². The number of rotatable bonds is 7. The van der Waals surface area contributed by atoms with Crippen LogP contribution in [0.4, 0.5) is 0 Å². The number of carbonyl (C=O) groups excluding carboxylic acids is 1. The van der Waals surface area contributed by atoms with Crippen LogP contribution in [0, 0.1) is 6.92 Å². The van der Waals surface area contributed by atoms with Gasteiger partial charge in [-0.1, -0.05) is 24.6 Å². The fourth-order valence-corrected chi connectivity index (χ4v) is 5.32. The van der Waals surface area contributed by atoms with Gasteiger partial charge in [-0.2, -0.15) is 4.31 Å². The predicted molar refractivity (Wildman–Crippen MR) is 117 cm³/mol. The van der Waals surface area contributed by atoms with Crippen LogP contribution in [0.3, 0.4) is 0 Å². The standard InChI is InChI=1S/C23H30N2O4S/c1-17(2)29-21-9-7-8-19(14-21)16-24-23(26)20-11-10-18(3)22(15-20)30(27,28)25-12-5-4-6-13-25/h7-11,14-15,17H,4-6,12-13,16H2,1-3H3,(H,24,26). The summed E-state index contributed by atoms with van der Waals surface area (Å²) >= 11 is 0. The molecule has 1 aliphatic rings. The lowest BCUT2D eigenvalue weighted by Gasteiger charge is -2.26. The number of nitrogens with one attached hydrogen (secondary N) is 1. The van der Waals surface area contributed by atoms with Gasteiger partial charge in [0, 0.05) is 25.2 Å². The summed E-state index contributed by atoms with van der Waals surface area (Å²) in [4.78, 5) is 12.9. The SMILES string of the molecule is Cc1ccc(C(=O)NCc2cccc(OC(C)C)c2)cc1S(=O)(=O)N1CCCCC1. The van der Waals surface area contributed by atoms with Crippen LogP contribution >= 0.6 is 0 Å². The molecule has 1 amide bonds. The van der Waals surface area contributed by atoms with Crippen LogP contribution in [0.5, 0.6) is 5.75 Å². The van der Waals surface area contributed by atoms with Crippen LogP contribution in [0.15, 0.2) is 47.4 Å². The van der Waals surface area contributed by atoms with Crippen molar-refractivity contribution in [2.75, 3.05) is 13.1 Å². The van der Waals surface area contributed by atoms with Crippen molar-refractivity contribution < 1.29 is 17.9 Å². The number of piperidine rings is 1. The zero-order valence-electron chi connectivity index (χ0n) is 17.8. The summed E-state index contributed by atoms with van der Waals surface area (Å²) in [6.07, 6.45) is 2.87. The topological polar surface area (TPSA) is 75.7 Å². The monoisotopic (exact) mass is 430 g/mol. The molecule has 0 radical (unpaired) electrons. The molecule has 2 aromatic carbocycles. The summed E-state index contributed by atoms with van der Waals surface area (Å²) in [6, 6.07) is 12.4. The first-order valence-corrected chi connectivity index (χ1v) is 11.9. The zero-order valence-corrected chi connectivity index (χ0v) is 18.7. The van der Waals surface area contributed by atoms with Gasteiger partial charge in [-0.25, -0.2) is 8.42 Å². The van der Waals surface area contributed by atoms with Gasteiger partial charge in [0.2, 0.25) is 10.0 Å². The Labute approximate surface area is 179 Å². The van der Waals surface area contributed by atoms with Crippen molar-refractivity contribution in [3.05, 3.63) is 59.2 Å². The highest BCUT2D eigenvalue weighted by atomic mass is 32.2. The fourth-order valence-electron chi connectivity index (χ4n) is 3.55. The molecule has 1 heterocycles. The lowest BCUT2D eigenvalue weighted by molar-refractivity contribution is 0.0950. The van der Waals surface area contributed by atoms with Crippen molar-refractivity contribution in [1.82, 2.24) is 9.62 Å². The van der Waals surface area contributed by atoms with E-state index in [1.165, 1.54) is 10.4 Å². The Morgan fingerprint density at radius 2 is 1.83 bits per heavy atom. The van der Waals surface area contributed by atoms with E-state index in [0.29, 0.717) is 30.8 Å². The molecule has 2 aromatic rings. The molecule has 0 atom stereocenters. The summed E-state index contributed by atoms with van der Waals surface area (Å²) in [7, 11) is -3.60. The van der Waals surface area contributed by atoms with Gasteiger partial charge >= 0.3 is 0 Å². The molecule has 1 N–H and O–H groups in total. The molecule has 0 unspecified atom stereocenters. The van der Waals surface area contributed by atoms with Gasteiger partial charge < -0.3 is 10.1 Å². The second-order valence-corrected chi connectivity index (χ2v) is 9.85. The quantitative estimate of drug-likeness (QED) is 0.723. The third kappa shape index (κ3) is 5.40. The number of sulfonamides is 1. The molecule has 0 aromatic heterocycles. The number of hydrogen-bond acceptors (Lipinski definition) is 4. The minimum atomic E-state index is -3.60. The number of benzene rings is 2. The molecule has 3 rings (SSSR count). The Morgan fingerprint density at radius 1 is 1.10 bits per heavy atom. The van der Waals surface area contributed by atoms with E-state index in [4.69, 9.17) is 4.74 Å². The largest absolute Gasteiger partial charge is 0.491 e. The van der Waals surface area contributed by atoms with Crippen LogP contribution in [-0.2, 0) is 16.6 Å². The smallest absolute Gasteiger partial charge is 0.251 e. The van der Waals surface area contributed by atoms with Crippen molar-refractivity contribution in [3.8, 4) is 5.75 Å². The van der Waals surface area contributed by atoms with Crippen molar-refractivity contribution >= 4 is 15.9 Å². The van der Waals surface area contributed by atoms with E-state index in [0.717, 1.165) is 30.6 Å². The van der Waals surface area contributed by atoms with E-state index in [-0.39, 0.29) is 16.9 Å². The summed E-state index contributed by atoms with van der Waals surface area (Å²) < 4.78 is 33.4. The molecule has 6 nitrogen and oxygen atoms in total. The molecule has 1 fully saturated rings. The number of hydrogen-bond donors (Lipinski definition) is 1. The van der Waals surface area contributed by atoms with E-state index >= 15 is 0 Å². The Bertz CT molecular complexity index is 996. The van der Waals surface area contributed by atoms with E-state index in [1.54, 1.807) is 19.1 Å². The molecule has 0 bridgehead atoms. The van der Waals surface area contributed by atoms with Crippen LogP contribution in [0.2, 0.25) is 0 Å². The summed E-state index contributed by atoms with van der Waals surface area (Å²) in [5.41, 5.74) is 1.90. The number of aryl methyl sites for hydroxylation is 1. The first-order valence-electron chi connectivity index (χ1n) is 10.4. The minimum absolute atomic E-state index is 0.0719. The molecule has 30 heavy (non-hydrogen) atoms. The average molecular weight is 431 g/mol. The van der Waals surface area contributed by atoms with Crippen molar-refractivity contribution in [2.24, 2.45) is 0 Å². The average Bonchev–Trinajstić information content (AvgIpc) is 2.72. The Morgan fingerprint density at radius 3 is 2.53 bits per heavy atom. The van der Waals surface area contributed by atoms with Crippen LogP contribution < -0.4 is 10.1 Å². The van der Waals surface area contributed by atoms with E-state index in [1.807, 2.05) is 38.1 Å². The summed E-state index contributed by atoms with van der Waals surface area (Å²) in [5, 5.41) is 2.87. The first-order chi connectivity index (χ1) is 14.3. The Hall–Kier alpha value is -2.38. The maximum atomic E-state index is 13.1. The number of nitrogens with zero attached hydrogens (tertiary/aromatic N) is 1. The Kier molecular flexibility index (Phi) is 7.15. The first kappa shape index (κ1) is 22.3. The normalized spacial score (nSPS) is 15.2. The van der Waals surface area contributed by atoms with Gasteiger partial charge in [0.05, 0.1) is 11.0 Å². The van der Waals surface area contributed by atoms with Gasteiger partial charge in [-0.15, -0.1) is 0 Å². The Balaban J connectivity index is 1.73. The second-order valence-electron chi connectivity index (χ2n) is 7.94. The van der Waals surface area contributed by atoms with Gasteiger partial charge in [-0.3, -0.25) is 4.79 Å². The van der Waals surface area contributed by atoms with Gasteiger partial charge in [0.25, 0.3) is 5.91 Å². The fraction of sp³-hybridized carbons (Fsp3) is 0.435. The summed E-state index contributed by atoms with van der Waals surface area (Å²) in [5.74, 6) is 0.447. The number of ether oxygens (including phenoxy) is 1. The molecule has 7 heteroatoms. The van der Waals surface area contributed by atoms with Crippen LogP contribution in [-0.4, -0.2) is 37.8 Å². The predicted octanol–water partition coefficient (Wildman–Crippen LogP) is 3.89. The zero-order chi connectivity index (χ0) is 21.7. The molecule has 0 spiro atoms. The molecular weight excluding hydrogens is 400 g/mol. The lowest BCUT2D eigenvalue weighted by Crippen LogP contribution is -2.36. The third-order valence-corrected chi connectivity index (χ3v) is 7.15. The maximum absolute atomic E-state index is 13.1. The molecule has 162 valence electrons. The van der Waals surface area contributed by atoms with Gasteiger partial charge in [0.1, 0.15) is 5.75 Å². The molecular formula is C23H30N2O4S. The highest BCUT2D eigenvalue weighted by Crippen LogP contribution is 2.24. The maximum Gasteiger partial charge on any atom is 0.251 e. The highest BCUT2D eigenvalue weighted by molar-refractivity contribution is 7.89. The number of amides is 1. The van der Waals surface area contributed by atoms with Crippen molar-refractivity contribution in [1.29, 1.82) is 0 Å².